The standard InChI is InChI=1S/C13H24.C13H18.C11H15FO.C11H20.C11H14.C10H9ClN2O.C8H14.2C8H16.C6H12/c1-11-7-9-13(10-8-11)12-5-3-2-4-6-12;1-2-13(10-6-7-11-13)12-8-4-3-5-9-12;1-2-3-4-9-13-11-7-5-10(12)6-8-11;1-9-6-7-10-4-2-3-5-11(10)8-9;1-2-11(8-9-11)10-6-4-3-5-7-10;1-2-9-12-10(13-14-9)7-3-5-8(11)6-4-7;1-6(7-2-3-7)8-4-5-8;2*1-7-3-5-8(2)6-4-7;1-2-3-6-4-5-6/h11-13H,2-10H2,1H3;3-5,8-9H,2,6-7,10-11H2,1H3;5-8H,2-4,9H2,1H3;9-11H,2-8H2,1H3;3-7H,2,8-9H2,1H3;3-6H,2H2,1H3;6-8H,2-5H2,1H3;2*7-8H,3-6H2,1-2H3;6H,2-5H2,1H3. The van der Waals surface area contributed by atoms with E-state index in [1.54, 1.807) is 86.8 Å². The number of unbranched alkanes of at least 4 members (excludes halogenated alkanes) is 2. The van der Waals surface area contributed by atoms with Gasteiger partial charge in [-0.1, -0.05) is 340 Å². The Morgan fingerprint density at radius 1 is 0.448 bits per heavy atom. The molecule has 4 nitrogen and oxygen atoms in total. The molecular weight excluding hydrogens is 1300 g/mol. The summed E-state index contributed by atoms with van der Waals surface area (Å²) in [6.45, 7) is 28.5. The van der Waals surface area contributed by atoms with Crippen molar-refractivity contribution >= 4 is 11.6 Å². The molecule has 590 valence electrons. The Hall–Kier alpha value is -3.96. The number of nitrogens with zero attached hydrogens (tertiary/aromatic N) is 2. The summed E-state index contributed by atoms with van der Waals surface area (Å²) in [6.07, 6.45) is 63.6. The second-order valence-electron chi connectivity index (χ2n) is 36.2. The zero-order valence-corrected chi connectivity index (χ0v) is 70.5. The Bertz CT molecular complexity index is 2860. The molecule has 5 aromatic rings. The summed E-state index contributed by atoms with van der Waals surface area (Å²) in [5.41, 5.74) is 5.14. The fraction of sp³-hybridized carbons (Fsp3) is 0.737. The van der Waals surface area contributed by atoms with Crippen LogP contribution in [0.4, 0.5) is 4.39 Å². The fourth-order valence-electron chi connectivity index (χ4n) is 18.4. The lowest BCUT2D eigenvalue weighted by Gasteiger charge is -2.38. The van der Waals surface area contributed by atoms with Gasteiger partial charge in [0.25, 0.3) is 0 Å². The highest BCUT2D eigenvalue weighted by molar-refractivity contribution is 6.30. The average molecular weight is 1460 g/mol. The predicted molar refractivity (Wildman–Crippen MR) is 452 cm³/mol. The Balaban J connectivity index is 0.000000164. The molecule has 0 amide bonds. The van der Waals surface area contributed by atoms with Gasteiger partial charge in [-0.3, -0.25) is 0 Å². The molecule has 0 aliphatic heterocycles. The third-order valence-corrected chi connectivity index (χ3v) is 27.4. The van der Waals surface area contributed by atoms with Crippen LogP contribution in [0.15, 0.2) is 114 Å². The monoisotopic (exact) mass is 1460 g/mol. The van der Waals surface area contributed by atoms with Crippen LogP contribution in [0.1, 0.15) is 376 Å². The maximum absolute atomic E-state index is 12.5. The minimum absolute atomic E-state index is 0.221. The van der Waals surface area contributed by atoms with Gasteiger partial charge in [0.2, 0.25) is 11.7 Å². The largest absolute Gasteiger partial charge is 0.494 e. The van der Waals surface area contributed by atoms with E-state index in [0.717, 1.165) is 114 Å². The van der Waals surface area contributed by atoms with Crippen LogP contribution in [0.2, 0.25) is 5.02 Å². The molecule has 0 spiro atoms. The van der Waals surface area contributed by atoms with Crippen LogP contribution in [0.5, 0.6) is 5.75 Å². The molecule has 4 aromatic carbocycles. The number of fused-ring (bicyclic) bond motifs is 1. The van der Waals surface area contributed by atoms with Crippen molar-refractivity contribution in [2.75, 3.05) is 6.61 Å². The number of benzene rings is 4. The van der Waals surface area contributed by atoms with Crippen LogP contribution in [0.25, 0.3) is 11.4 Å². The van der Waals surface area contributed by atoms with Crippen molar-refractivity contribution in [2.24, 2.45) is 82.9 Å². The molecule has 3 atom stereocenters. The van der Waals surface area contributed by atoms with Gasteiger partial charge in [0, 0.05) is 17.0 Å². The van der Waals surface area contributed by atoms with Crippen molar-refractivity contribution in [1.29, 1.82) is 0 Å². The number of ether oxygens (including phenoxy) is 1. The second kappa shape index (κ2) is 49.3. The van der Waals surface area contributed by atoms with Crippen molar-refractivity contribution in [1.82, 2.24) is 10.1 Å². The van der Waals surface area contributed by atoms with E-state index in [4.69, 9.17) is 20.9 Å². The van der Waals surface area contributed by atoms with Crippen molar-refractivity contribution < 1.29 is 13.7 Å². The Morgan fingerprint density at radius 2 is 0.876 bits per heavy atom. The molecular formula is C99H158ClFN2O2. The Kier molecular flexibility index (Phi) is 41.5. The molecule has 0 saturated heterocycles. The zero-order valence-electron chi connectivity index (χ0n) is 69.8. The molecule has 11 aliphatic rings. The minimum atomic E-state index is -0.221. The van der Waals surface area contributed by atoms with Gasteiger partial charge in [0.1, 0.15) is 11.6 Å². The molecule has 0 bridgehead atoms. The van der Waals surface area contributed by atoms with E-state index in [9.17, 15) is 4.39 Å². The van der Waals surface area contributed by atoms with E-state index >= 15 is 0 Å². The maximum atomic E-state index is 12.5. The molecule has 1 aromatic heterocycles. The first-order valence-electron chi connectivity index (χ1n) is 45.1. The van der Waals surface area contributed by atoms with Crippen molar-refractivity contribution in [3.8, 4) is 17.1 Å². The molecule has 6 heteroatoms. The van der Waals surface area contributed by atoms with Crippen molar-refractivity contribution in [2.45, 2.75) is 376 Å². The number of hydrogen-bond acceptors (Lipinski definition) is 4. The number of hydrogen-bond donors (Lipinski definition) is 0. The second-order valence-corrected chi connectivity index (χ2v) is 36.7. The summed E-state index contributed by atoms with van der Waals surface area (Å²) >= 11 is 5.77. The highest BCUT2D eigenvalue weighted by Crippen LogP contribution is 2.51. The number of aryl methyl sites for hydroxylation is 1. The first-order valence-corrected chi connectivity index (χ1v) is 45.4. The lowest BCUT2D eigenvalue weighted by Crippen LogP contribution is -2.26. The van der Waals surface area contributed by atoms with Crippen LogP contribution >= 0.6 is 11.6 Å². The van der Waals surface area contributed by atoms with Crippen LogP contribution < -0.4 is 4.74 Å². The summed E-state index contributed by atoms with van der Waals surface area (Å²) in [6, 6.07) is 35.4. The summed E-state index contributed by atoms with van der Waals surface area (Å²) in [4.78, 5) is 4.21. The first-order chi connectivity index (χ1) is 51.0. The Morgan fingerprint density at radius 3 is 1.29 bits per heavy atom. The minimum Gasteiger partial charge on any atom is -0.494 e. The molecule has 105 heavy (non-hydrogen) atoms. The highest BCUT2D eigenvalue weighted by Gasteiger charge is 2.42. The van der Waals surface area contributed by atoms with Gasteiger partial charge < -0.3 is 9.26 Å². The highest BCUT2D eigenvalue weighted by atomic mass is 35.5. The summed E-state index contributed by atoms with van der Waals surface area (Å²) in [5.74, 6) is 17.0. The summed E-state index contributed by atoms with van der Waals surface area (Å²) in [5, 5.41) is 4.56. The lowest BCUT2D eigenvalue weighted by molar-refractivity contribution is 0.137. The topological polar surface area (TPSA) is 48.2 Å². The fourth-order valence-corrected chi connectivity index (χ4v) is 18.6. The third-order valence-electron chi connectivity index (χ3n) is 27.2. The number of aromatic nitrogens is 2. The van der Waals surface area contributed by atoms with E-state index in [1.807, 2.05) is 19.1 Å². The lowest BCUT2D eigenvalue weighted by atomic mass is 9.68. The van der Waals surface area contributed by atoms with E-state index in [1.165, 1.54) is 230 Å². The zero-order chi connectivity index (χ0) is 75.1. The first kappa shape index (κ1) is 88.3. The maximum Gasteiger partial charge on any atom is 0.226 e. The van der Waals surface area contributed by atoms with Gasteiger partial charge in [0.05, 0.1) is 6.61 Å². The average Bonchev–Trinajstić information content (AvgIpc) is 1.62. The molecule has 11 fully saturated rings. The molecule has 3 unspecified atom stereocenters. The quantitative estimate of drug-likeness (QED) is 0.0924. The van der Waals surface area contributed by atoms with Gasteiger partial charge in [-0.25, -0.2) is 4.39 Å². The van der Waals surface area contributed by atoms with E-state index < -0.39 is 0 Å². The van der Waals surface area contributed by atoms with Gasteiger partial charge >= 0.3 is 0 Å². The Labute approximate surface area is 651 Å². The van der Waals surface area contributed by atoms with E-state index in [0.29, 0.717) is 27.6 Å². The molecule has 0 N–H and O–H groups in total. The molecule has 11 saturated carbocycles. The van der Waals surface area contributed by atoms with E-state index in [-0.39, 0.29) is 5.82 Å². The van der Waals surface area contributed by atoms with E-state index in [2.05, 4.69) is 147 Å². The van der Waals surface area contributed by atoms with Gasteiger partial charge in [-0.05, 0) is 250 Å². The van der Waals surface area contributed by atoms with Crippen LogP contribution in [-0.4, -0.2) is 16.7 Å². The normalized spacial score (nSPS) is 26.1. The third kappa shape index (κ3) is 34.5. The summed E-state index contributed by atoms with van der Waals surface area (Å²) in [7, 11) is 0. The SMILES string of the molecule is CC(C1CC1)C1CC1.CC1CCC(C)CC1.CC1CCC(C)CC1.CC1CCC(C2CCCCC2)CC1.CC1CCC2CCCCC2C1.CCC1(c2ccccc2)CC1.CCC1(c2ccccc2)CCCC1.CCCC1CC1.CCCCCOc1ccc(F)cc1.CCc1nc(-c2ccc(Cl)cc2)no1. The number of rotatable bonds is 16. The number of halogens is 2. The predicted octanol–water partition coefficient (Wildman–Crippen LogP) is 31.7. The molecule has 1 heterocycles. The van der Waals surface area contributed by atoms with Gasteiger partial charge in [-0.2, -0.15) is 4.98 Å². The molecule has 16 rings (SSSR count). The van der Waals surface area contributed by atoms with Crippen LogP contribution in [0, 0.1) is 88.7 Å². The van der Waals surface area contributed by atoms with Gasteiger partial charge in [-0.15, -0.1) is 0 Å². The van der Waals surface area contributed by atoms with Gasteiger partial charge in [0.15, 0.2) is 0 Å². The summed E-state index contributed by atoms with van der Waals surface area (Å²) < 4.78 is 22.9. The molecule has 11 aliphatic carbocycles. The van der Waals surface area contributed by atoms with Crippen LogP contribution in [0.3, 0.4) is 0 Å². The smallest absolute Gasteiger partial charge is 0.226 e. The van der Waals surface area contributed by atoms with Crippen LogP contribution in [-0.2, 0) is 17.3 Å². The van der Waals surface area contributed by atoms with Crippen molar-refractivity contribution in [3.63, 3.8) is 0 Å². The molecule has 0 radical (unpaired) electrons. The van der Waals surface area contributed by atoms with Crippen molar-refractivity contribution in [3.05, 3.63) is 137 Å².